The van der Waals surface area contributed by atoms with Crippen molar-refractivity contribution in [2.75, 3.05) is 32.7 Å². The van der Waals surface area contributed by atoms with Gasteiger partial charge < -0.3 is 10.2 Å². The summed E-state index contributed by atoms with van der Waals surface area (Å²) < 4.78 is 0. The summed E-state index contributed by atoms with van der Waals surface area (Å²) in [5, 5.41) is 2.92. The molecule has 2 saturated heterocycles. The lowest BCUT2D eigenvalue weighted by molar-refractivity contribution is -0.131. The van der Waals surface area contributed by atoms with Crippen molar-refractivity contribution in [2.45, 2.75) is 25.8 Å². The number of benzene rings is 1. The number of aryl methyl sites for hydroxylation is 1. The molecular formula is C17H23N3O2. The summed E-state index contributed by atoms with van der Waals surface area (Å²) in [5.41, 5.74) is 2.24. The van der Waals surface area contributed by atoms with Crippen LogP contribution < -0.4 is 5.32 Å². The molecule has 2 aliphatic rings. The molecule has 0 aliphatic carbocycles. The van der Waals surface area contributed by atoms with E-state index in [4.69, 9.17) is 0 Å². The van der Waals surface area contributed by atoms with E-state index < -0.39 is 0 Å². The predicted octanol–water partition coefficient (Wildman–Crippen LogP) is 0.570. The Bertz CT molecular complexity index is 573. The molecule has 22 heavy (non-hydrogen) atoms. The number of nitrogens with zero attached hydrogens (tertiary/aromatic N) is 2. The molecule has 118 valence electrons. The summed E-state index contributed by atoms with van der Waals surface area (Å²) in [5.74, 6) is 0.269. The monoisotopic (exact) mass is 301 g/mol. The van der Waals surface area contributed by atoms with E-state index in [9.17, 15) is 9.59 Å². The molecule has 0 radical (unpaired) electrons. The van der Waals surface area contributed by atoms with Crippen molar-refractivity contribution in [3.63, 3.8) is 0 Å². The standard InChI is InChI=1S/C17H23N3O2/c1-13-3-2-4-14(11-13)12-16(21)20-7-5-15-17(22)18-6-8-19(15)9-10-20/h2-4,11,15H,5-10,12H2,1H3,(H,18,22). The van der Waals surface area contributed by atoms with Gasteiger partial charge in [-0.25, -0.2) is 0 Å². The zero-order valence-electron chi connectivity index (χ0n) is 13.0. The number of carbonyl (C=O) groups excluding carboxylic acids is 2. The maximum atomic E-state index is 12.5. The first-order chi connectivity index (χ1) is 10.6. The average Bonchev–Trinajstić information content (AvgIpc) is 2.71. The van der Waals surface area contributed by atoms with Gasteiger partial charge in [-0.3, -0.25) is 14.5 Å². The SMILES string of the molecule is Cc1cccc(CC(=O)N2CCC3C(=O)NCCN3CC2)c1. The van der Waals surface area contributed by atoms with E-state index in [0.717, 1.165) is 25.1 Å². The minimum Gasteiger partial charge on any atom is -0.353 e. The Balaban J connectivity index is 1.63. The van der Waals surface area contributed by atoms with Gasteiger partial charge in [0.1, 0.15) is 0 Å². The fraction of sp³-hybridized carbons (Fsp3) is 0.529. The van der Waals surface area contributed by atoms with Crippen LogP contribution in [0.15, 0.2) is 24.3 Å². The summed E-state index contributed by atoms with van der Waals surface area (Å²) in [6.07, 6.45) is 1.17. The maximum Gasteiger partial charge on any atom is 0.237 e. The summed E-state index contributed by atoms with van der Waals surface area (Å²) in [6.45, 7) is 5.81. The van der Waals surface area contributed by atoms with Gasteiger partial charge in [0.15, 0.2) is 0 Å². The number of hydrogen-bond acceptors (Lipinski definition) is 3. The fourth-order valence-electron chi connectivity index (χ4n) is 3.34. The molecular weight excluding hydrogens is 278 g/mol. The van der Waals surface area contributed by atoms with Crippen LogP contribution in [-0.2, 0) is 16.0 Å². The number of amides is 2. The topological polar surface area (TPSA) is 52.7 Å². The van der Waals surface area contributed by atoms with Gasteiger partial charge in [0.05, 0.1) is 12.5 Å². The maximum absolute atomic E-state index is 12.5. The van der Waals surface area contributed by atoms with Crippen LogP contribution in [0.3, 0.4) is 0 Å². The predicted molar refractivity (Wildman–Crippen MR) is 84.5 cm³/mol. The molecule has 1 N–H and O–H groups in total. The number of carbonyl (C=O) groups is 2. The number of piperazine rings is 1. The van der Waals surface area contributed by atoms with E-state index in [1.165, 1.54) is 5.56 Å². The minimum atomic E-state index is -0.0643. The van der Waals surface area contributed by atoms with Crippen molar-refractivity contribution in [1.82, 2.24) is 15.1 Å². The van der Waals surface area contributed by atoms with Crippen molar-refractivity contribution >= 4 is 11.8 Å². The first-order valence-electron chi connectivity index (χ1n) is 7.98. The van der Waals surface area contributed by atoms with Crippen LogP contribution in [0.4, 0.5) is 0 Å². The zero-order valence-corrected chi connectivity index (χ0v) is 13.0. The van der Waals surface area contributed by atoms with Gasteiger partial charge in [-0.1, -0.05) is 29.8 Å². The molecule has 2 heterocycles. The van der Waals surface area contributed by atoms with Crippen molar-refractivity contribution in [1.29, 1.82) is 0 Å². The Morgan fingerprint density at radius 3 is 2.95 bits per heavy atom. The zero-order chi connectivity index (χ0) is 15.5. The first kappa shape index (κ1) is 15.0. The number of rotatable bonds is 2. The molecule has 0 saturated carbocycles. The first-order valence-corrected chi connectivity index (χ1v) is 7.98. The highest BCUT2D eigenvalue weighted by Gasteiger charge is 2.33. The van der Waals surface area contributed by atoms with Gasteiger partial charge in [-0.2, -0.15) is 0 Å². The van der Waals surface area contributed by atoms with Crippen LogP contribution in [0, 0.1) is 6.92 Å². The summed E-state index contributed by atoms with van der Waals surface area (Å²) >= 11 is 0. The molecule has 3 rings (SSSR count). The molecule has 5 nitrogen and oxygen atoms in total. The molecule has 0 aromatic heterocycles. The van der Waals surface area contributed by atoms with Gasteiger partial charge in [0, 0.05) is 32.7 Å². The molecule has 5 heteroatoms. The second kappa shape index (κ2) is 6.48. The number of hydrogen-bond donors (Lipinski definition) is 1. The van der Waals surface area contributed by atoms with E-state index >= 15 is 0 Å². The van der Waals surface area contributed by atoms with Crippen molar-refractivity contribution in [2.24, 2.45) is 0 Å². The minimum absolute atomic E-state index is 0.0643. The quantitative estimate of drug-likeness (QED) is 0.869. The van der Waals surface area contributed by atoms with Crippen molar-refractivity contribution < 1.29 is 9.59 Å². The fourth-order valence-corrected chi connectivity index (χ4v) is 3.34. The van der Waals surface area contributed by atoms with Gasteiger partial charge in [-0.05, 0) is 18.9 Å². The average molecular weight is 301 g/mol. The molecule has 1 aromatic carbocycles. The van der Waals surface area contributed by atoms with Crippen LogP contribution in [0.25, 0.3) is 0 Å². The third-order valence-electron chi connectivity index (χ3n) is 4.56. The lowest BCUT2D eigenvalue weighted by Crippen LogP contribution is -2.55. The molecule has 0 spiro atoms. The van der Waals surface area contributed by atoms with Crippen LogP contribution in [-0.4, -0.2) is 60.4 Å². The third kappa shape index (κ3) is 3.30. The van der Waals surface area contributed by atoms with Gasteiger partial charge >= 0.3 is 0 Å². The lowest BCUT2D eigenvalue weighted by Gasteiger charge is -2.32. The Labute approximate surface area is 131 Å². The normalized spacial score (nSPS) is 22.7. The lowest BCUT2D eigenvalue weighted by atomic mass is 10.1. The summed E-state index contributed by atoms with van der Waals surface area (Å²) in [7, 11) is 0. The second-order valence-electron chi connectivity index (χ2n) is 6.18. The van der Waals surface area contributed by atoms with E-state index in [1.54, 1.807) is 0 Å². The van der Waals surface area contributed by atoms with Crippen LogP contribution in [0.5, 0.6) is 0 Å². The Kier molecular flexibility index (Phi) is 4.43. The molecule has 2 fully saturated rings. The summed E-state index contributed by atoms with van der Waals surface area (Å²) in [6, 6.07) is 8.03. The molecule has 2 aliphatic heterocycles. The van der Waals surface area contributed by atoms with Crippen molar-refractivity contribution in [3.8, 4) is 0 Å². The molecule has 0 bridgehead atoms. The van der Waals surface area contributed by atoms with Crippen molar-refractivity contribution in [3.05, 3.63) is 35.4 Å². The Morgan fingerprint density at radius 2 is 2.14 bits per heavy atom. The van der Waals surface area contributed by atoms with E-state index in [0.29, 0.717) is 26.1 Å². The number of fused-ring (bicyclic) bond motifs is 1. The Morgan fingerprint density at radius 1 is 1.27 bits per heavy atom. The van der Waals surface area contributed by atoms with Gasteiger partial charge in [0.2, 0.25) is 11.8 Å². The second-order valence-corrected chi connectivity index (χ2v) is 6.18. The van der Waals surface area contributed by atoms with Crippen LogP contribution in [0.2, 0.25) is 0 Å². The largest absolute Gasteiger partial charge is 0.353 e. The molecule has 1 unspecified atom stereocenters. The molecule has 1 aromatic rings. The van der Waals surface area contributed by atoms with Crippen LogP contribution in [0.1, 0.15) is 17.5 Å². The van der Waals surface area contributed by atoms with E-state index in [2.05, 4.69) is 16.3 Å². The van der Waals surface area contributed by atoms with E-state index in [-0.39, 0.29) is 17.9 Å². The summed E-state index contributed by atoms with van der Waals surface area (Å²) in [4.78, 5) is 28.6. The Hall–Kier alpha value is -1.88. The van der Waals surface area contributed by atoms with Gasteiger partial charge in [0.25, 0.3) is 0 Å². The number of nitrogens with one attached hydrogen (secondary N) is 1. The highest BCUT2D eigenvalue weighted by Crippen LogP contribution is 2.15. The highest BCUT2D eigenvalue weighted by molar-refractivity contribution is 5.83. The third-order valence-corrected chi connectivity index (χ3v) is 4.56. The highest BCUT2D eigenvalue weighted by atomic mass is 16.2. The van der Waals surface area contributed by atoms with Gasteiger partial charge in [-0.15, -0.1) is 0 Å². The molecule has 1 atom stereocenters. The van der Waals surface area contributed by atoms with E-state index in [1.807, 2.05) is 30.0 Å². The smallest absolute Gasteiger partial charge is 0.237 e. The van der Waals surface area contributed by atoms with Crippen LogP contribution >= 0.6 is 0 Å². The molecule has 2 amide bonds.